The van der Waals surface area contributed by atoms with Gasteiger partial charge in [-0.2, -0.15) is 0 Å². The molecule has 0 saturated heterocycles. The van der Waals surface area contributed by atoms with Crippen LogP contribution in [0.2, 0.25) is 0 Å². The van der Waals surface area contributed by atoms with Crippen molar-refractivity contribution in [1.82, 2.24) is 0 Å². The first-order valence-corrected chi connectivity index (χ1v) is 6.73. The maximum atomic E-state index is 11.7. The van der Waals surface area contributed by atoms with E-state index in [2.05, 4.69) is 0 Å². The van der Waals surface area contributed by atoms with Gasteiger partial charge in [0.05, 0.1) is 19.8 Å². The molecule has 0 spiro atoms. The summed E-state index contributed by atoms with van der Waals surface area (Å²) >= 11 is 0. The average molecular weight is 286 g/mol. The lowest BCUT2D eigenvalue weighted by Gasteiger charge is -2.13. The van der Waals surface area contributed by atoms with Crippen molar-refractivity contribution in [1.29, 1.82) is 0 Å². The van der Waals surface area contributed by atoms with Crippen molar-refractivity contribution in [2.24, 2.45) is 5.92 Å². The van der Waals surface area contributed by atoms with Gasteiger partial charge < -0.3 is 14.2 Å². The van der Waals surface area contributed by atoms with Crippen LogP contribution in [0.5, 0.6) is 0 Å². The Morgan fingerprint density at radius 2 is 1.40 bits per heavy atom. The highest BCUT2D eigenvalue weighted by molar-refractivity contribution is 5.94. The van der Waals surface area contributed by atoms with E-state index in [4.69, 9.17) is 14.2 Å². The molecule has 0 atom stereocenters. The molecule has 20 heavy (non-hydrogen) atoms. The molecule has 0 aromatic heterocycles. The minimum Gasteiger partial charge on any atom is -0.465 e. The van der Waals surface area contributed by atoms with Crippen LogP contribution in [0.15, 0.2) is 12.2 Å². The number of ether oxygens (including phenoxy) is 3. The van der Waals surface area contributed by atoms with Gasteiger partial charge in [0.1, 0.15) is 0 Å². The highest BCUT2D eigenvalue weighted by Gasteiger charge is 2.28. The first kappa shape index (κ1) is 18.1. The second-order valence-corrected chi connectivity index (χ2v) is 3.79. The van der Waals surface area contributed by atoms with E-state index >= 15 is 0 Å². The Bertz CT molecular complexity index is 330. The lowest BCUT2D eigenvalue weighted by atomic mass is 10.0. The van der Waals surface area contributed by atoms with E-state index in [1.165, 1.54) is 6.08 Å². The molecule has 0 aliphatic carbocycles. The maximum Gasteiger partial charge on any atom is 0.330 e. The van der Waals surface area contributed by atoms with Gasteiger partial charge in [-0.1, -0.05) is 6.08 Å². The van der Waals surface area contributed by atoms with Gasteiger partial charge in [0.2, 0.25) is 0 Å². The van der Waals surface area contributed by atoms with Crippen LogP contribution >= 0.6 is 0 Å². The third kappa shape index (κ3) is 7.56. The summed E-state index contributed by atoms with van der Waals surface area (Å²) in [5, 5.41) is 0. The molecule has 0 unspecified atom stereocenters. The van der Waals surface area contributed by atoms with E-state index in [1.807, 2.05) is 0 Å². The highest BCUT2D eigenvalue weighted by atomic mass is 16.6. The second kappa shape index (κ2) is 11.0. The van der Waals surface area contributed by atoms with Gasteiger partial charge in [-0.15, -0.1) is 0 Å². The monoisotopic (exact) mass is 286 g/mol. The predicted octanol–water partition coefficient (Wildman–Crippen LogP) is 1.63. The highest BCUT2D eigenvalue weighted by Crippen LogP contribution is 2.12. The third-order valence-electron chi connectivity index (χ3n) is 2.30. The summed E-state index contributed by atoms with van der Waals surface area (Å²) in [6.45, 7) is 5.75. The molecule has 0 fully saturated rings. The number of allylic oxidation sites excluding steroid dienone is 1. The zero-order valence-corrected chi connectivity index (χ0v) is 12.2. The van der Waals surface area contributed by atoms with Gasteiger partial charge >= 0.3 is 17.9 Å². The number of carbonyl (C=O) groups is 3. The molecule has 0 aliphatic heterocycles. The number of carbonyl (C=O) groups excluding carboxylic acids is 3. The molecule has 0 aromatic carbocycles. The van der Waals surface area contributed by atoms with Crippen LogP contribution < -0.4 is 0 Å². The lowest BCUT2D eigenvalue weighted by Crippen LogP contribution is -2.28. The Hall–Kier alpha value is -1.85. The molecule has 0 bridgehead atoms. The van der Waals surface area contributed by atoms with Gasteiger partial charge in [-0.25, -0.2) is 4.79 Å². The topological polar surface area (TPSA) is 78.9 Å². The van der Waals surface area contributed by atoms with Crippen LogP contribution in [-0.4, -0.2) is 37.7 Å². The Kier molecular flexibility index (Phi) is 10.00. The summed E-state index contributed by atoms with van der Waals surface area (Å²) < 4.78 is 14.4. The van der Waals surface area contributed by atoms with Crippen molar-refractivity contribution in [3.8, 4) is 0 Å². The minimum atomic E-state index is -0.957. The molecule has 0 radical (unpaired) electrons. The van der Waals surface area contributed by atoms with E-state index in [0.29, 0.717) is 13.0 Å². The Morgan fingerprint density at radius 3 is 1.85 bits per heavy atom. The summed E-state index contributed by atoms with van der Waals surface area (Å²) in [6, 6.07) is 0. The normalized spacial score (nSPS) is 10.6. The molecule has 0 N–H and O–H groups in total. The van der Waals surface area contributed by atoms with Crippen molar-refractivity contribution in [2.75, 3.05) is 19.8 Å². The first-order valence-electron chi connectivity index (χ1n) is 6.73. The van der Waals surface area contributed by atoms with Crippen LogP contribution in [0.25, 0.3) is 0 Å². The van der Waals surface area contributed by atoms with Crippen LogP contribution in [-0.2, 0) is 28.6 Å². The summed E-state index contributed by atoms with van der Waals surface area (Å²) in [5.74, 6) is -2.61. The molecular formula is C14H22O6. The molecule has 114 valence electrons. The molecule has 0 amide bonds. The van der Waals surface area contributed by atoms with E-state index < -0.39 is 23.8 Å². The number of rotatable bonds is 9. The zero-order chi connectivity index (χ0) is 15.4. The van der Waals surface area contributed by atoms with Crippen molar-refractivity contribution < 1.29 is 28.6 Å². The largest absolute Gasteiger partial charge is 0.465 e. The Morgan fingerprint density at radius 1 is 0.900 bits per heavy atom. The van der Waals surface area contributed by atoms with E-state index in [0.717, 1.165) is 0 Å². The molecule has 0 saturated carbocycles. The summed E-state index contributed by atoms with van der Waals surface area (Å²) in [4.78, 5) is 34.4. The second-order valence-electron chi connectivity index (χ2n) is 3.79. The Labute approximate surface area is 119 Å². The summed E-state index contributed by atoms with van der Waals surface area (Å²) in [6.07, 6.45) is 3.44. The van der Waals surface area contributed by atoms with Crippen molar-refractivity contribution in [3.05, 3.63) is 12.2 Å². The van der Waals surface area contributed by atoms with Gasteiger partial charge in [0.15, 0.2) is 5.92 Å². The standard InChI is InChI=1S/C14H22O6/c1-4-18-12(15)10-8-7-9-11(13(16)19-5-2)14(17)20-6-3/h8,10-11H,4-7,9H2,1-3H3/b10-8+. The minimum absolute atomic E-state index is 0.202. The van der Waals surface area contributed by atoms with Crippen LogP contribution in [0.4, 0.5) is 0 Å². The van der Waals surface area contributed by atoms with E-state index in [1.54, 1.807) is 26.8 Å². The fraction of sp³-hybridized carbons (Fsp3) is 0.643. The lowest BCUT2D eigenvalue weighted by molar-refractivity contribution is -0.161. The molecule has 6 heteroatoms. The SMILES string of the molecule is CCOC(=O)/C=C/CCC(C(=O)OCC)C(=O)OCC. The fourth-order valence-electron chi connectivity index (χ4n) is 1.45. The number of hydrogen-bond donors (Lipinski definition) is 0. The first-order chi connectivity index (χ1) is 9.56. The zero-order valence-electron chi connectivity index (χ0n) is 12.2. The molecule has 0 aliphatic rings. The molecular weight excluding hydrogens is 264 g/mol. The molecule has 0 aromatic rings. The fourth-order valence-corrected chi connectivity index (χ4v) is 1.45. The average Bonchev–Trinajstić information content (AvgIpc) is 2.39. The van der Waals surface area contributed by atoms with Gasteiger partial charge in [0.25, 0.3) is 0 Å². The van der Waals surface area contributed by atoms with Crippen molar-refractivity contribution in [3.63, 3.8) is 0 Å². The smallest absolute Gasteiger partial charge is 0.330 e. The van der Waals surface area contributed by atoms with Gasteiger partial charge in [-0.3, -0.25) is 9.59 Å². The third-order valence-corrected chi connectivity index (χ3v) is 2.30. The molecule has 0 heterocycles. The molecule has 6 nitrogen and oxygen atoms in total. The van der Waals surface area contributed by atoms with Gasteiger partial charge in [-0.05, 0) is 33.6 Å². The molecule has 0 rings (SSSR count). The van der Waals surface area contributed by atoms with Crippen molar-refractivity contribution >= 4 is 17.9 Å². The predicted molar refractivity (Wildman–Crippen MR) is 71.8 cm³/mol. The number of esters is 3. The van der Waals surface area contributed by atoms with E-state index in [-0.39, 0.29) is 19.6 Å². The number of hydrogen-bond acceptors (Lipinski definition) is 6. The van der Waals surface area contributed by atoms with Gasteiger partial charge in [0, 0.05) is 6.08 Å². The van der Waals surface area contributed by atoms with E-state index in [9.17, 15) is 14.4 Å². The van der Waals surface area contributed by atoms with Crippen molar-refractivity contribution in [2.45, 2.75) is 33.6 Å². The summed E-state index contributed by atoms with van der Waals surface area (Å²) in [5.41, 5.74) is 0. The quantitative estimate of drug-likeness (QED) is 0.277. The summed E-state index contributed by atoms with van der Waals surface area (Å²) in [7, 11) is 0. The van der Waals surface area contributed by atoms with Crippen LogP contribution in [0, 0.1) is 5.92 Å². The van der Waals surface area contributed by atoms with Crippen LogP contribution in [0.1, 0.15) is 33.6 Å². The maximum absolute atomic E-state index is 11.7. The Balaban J connectivity index is 4.39. The van der Waals surface area contributed by atoms with Crippen LogP contribution in [0.3, 0.4) is 0 Å².